The minimum atomic E-state index is -3.63. The van der Waals surface area contributed by atoms with Crippen molar-refractivity contribution in [3.8, 4) is 0 Å². The van der Waals surface area contributed by atoms with E-state index >= 15 is 0 Å². The highest BCUT2D eigenvalue weighted by atomic mass is 32.2. The fourth-order valence-electron chi connectivity index (χ4n) is 3.95. The summed E-state index contributed by atoms with van der Waals surface area (Å²) in [6, 6.07) is 22.9. The Morgan fingerprint density at radius 1 is 0.968 bits per heavy atom. The Bertz CT molecular complexity index is 1220. The second-order valence-corrected chi connectivity index (χ2v) is 9.56. The normalized spacial score (nSPS) is 13.0. The van der Waals surface area contributed by atoms with Gasteiger partial charge in [0.15, 0.2) is 0 Å². The third kappa shape index (κ3) is 4.41. The minimum Gasteiger partial charge on any atom is -0.339 e. The predicted octanol–water partition coefficient (Wildman–Crippen LogP) is 4.09. The number of hydrogen-bond acceptors (Lipinski definition) is 4. The van der Waals surface area contributed by atoms with Crippen molar-refractivity contribution < 1.29 is 13.2 Å². The average Bonchev–Trinajstić information content (AvgIpc) is 3.16. The number of anilines is 4. The summed E-state index contributed by atoms with van der Waals surface area (Å²) in [6.07, 6.45) is 2.05. The van der Waals surface area contributed by atoms with E-state index < -0.39 is 15.9 Å². The van der Waals surface area contributed by atoms with Crippen molar-refractivity contribution in [1.82, 2.24) is 0 Å². The van der Waals surface area contributed by atoms with E-state index in [9.17, 15) is 13.2 Å². The smallest absolute Gasteiger partial charge is 0.245 e. The minimum absolute atomic E-state index is 0.297. The van der Waals surface area contributed by atoms with Crippen molar-refractivity contribution in [2.75, 3.05) is 33.9 Å². The second kappa shape index (κ2) is 8.43. The first kappa shape index (κ1) is 20.9. The Labute approximate surface area is 183 Å². The molecule has 0 aromatic heterocycles. The van der Waals surface area contributed by atoms with Crippen molar-refractivity contribution in [3.63, 3.8) is 0 Å². The molecule has 0 saturated heterocycles. The third-order valence-corrected chi connectivity index (χ3v) is 6.55. The standard InChI is InChI=1S/C24H25N3O3S/c1-18-9-3-6-12-21(18)27(31(2,29)30)17-24(28)25-20-11-5-8-14-23(20)26-16-15-19-10-4-7-13-22(19)26/h3-14H,15-17H2,1-2H3,(H,25,28). The highest BCUT2D eigenvalue weighted by molar-refractivity contribution is 7.92. The quantitative estimate of drug-likeness (QED) is 0.633. The van der Waals surface area contributed by atoms with Gasteiger partial charge in [0.25, 0.3) is 0 Å². The van der Waals surface area contributed by atoms with Crippen LogP contribution in [0.1, 0.15) is 11.1 Å². The van der Waals surface area contributed by atoms with Crippen LogP contribution in [0.2, 0.25) is 0 Å². The maximum atomic E-state index is 12.9. The Morgan fingerprint density at radius 2 is 1.61 bits per heavy atom. The van der Waals surface area contributed by atoms with Crippen LogP contribution in [0.15, 0.2) is 72.8 Å². The fraction of sp³-hybridized carbons (Fsp3) is 0.208. The Balaban J connectivity index is 1.59. The molecule has 0 radical (unpaired) electrons. The second-order valence-electron chi connectivity index (χ2n) is 7.65. The molecule has 0 fully saturated rings. The van der Waals surface area contributed by atoms with Gasteiger partial charge < -0.3 is 10.2 Å². The van der Waals surface area contributed by atoms with E-state index in [-0.39, 0.29) is 6.54 Å². The van der Waals surface area contributed by atoms with Crippen LogP contribution in [0.25, 0.3) is 0 Å². The van der Waals surface area contributed by atoms with Gasteiger partial charge in [-0.15, -0.1) is 0 Å². The number of nitrogens with one attached hydrogen (secondary N) is 1. The number of para-hydroxylation sites is 4. The van der Waals surface area contributed by atoms with Crippen LogP contribution in [0.5, 0.6) is 0 Å². The molecule has 160 valence electrons. The van der Waals surface area contributed by atoms with Gasteiger partial charge in [-0.3, -0.25) is 9.10 Å². The van der Waals surface area contributed by atoms with Crippen LogP contribution in [-0.2, 0) is 21.2 Å². The Hall–Kier alpha value is -3.32. The van der Waals surface area contributed by atoms with E-state index in [0.29, 0.717) is 11.4 Å². The molecule has 3 aromatic rings. The lowest BCUT2D eigenvalue weighted by atomic mass is 10.1. The van der Waals surface area contributed by atoms with Gasteiger partial charge >= 0.3 is 0 Å². The van der Waals surface area contributed by atoms with Gasteiger partial charge in [-0.05, 0) is 48.7 Å². The number of nitrogens with zero attached hydrogens (tertiary/aromatic N) is 2. The summed E-state index contributed by atoms with van der Waals surface area (Å²) in [4.78, 5) is 15.1. The summed E-state index contributed by atoms with van der Waals surface area (Å²) in [7, 11) is -3.63. The topological polar surface area (TPSA) is 69.7 Å². The van der Waals surface area contributed by atoms with Crippen molar-refractivity contribution in [2.24, 2.45) is 0 Å². The van der Waals surface area contributed by atoms with E-state index in [1.54, 1.807) is 12.1 Å². The number of hydrogen-bond donors (Lipinski definition) is 1. The van der Waals surface area contributed by atoms with Gasteiger partial charge in [-0.25, -0.2) is 8.42 Å². The summed E-state index contributed by atoms with van der Waals surface area (Å²) in [5.74, 6) is -0.395. The lowest BCUT2D eigenvalue weighted by molar-refractivity contribution is -0.114. The van der Waals surface area contributed by atoms with Gasteiger partial charge in [-0.2, -0.15) is 0 Å². The molecule has 0 aliphatic carbocycles. The summed E-state index contributed by atoms with van der Waals surface area (Å²) < 4.78 is 26.0. The largest absolute Gasteiger partial charge is 0.339 e. The molecule has 3 aromatic carbocycles. The number of aryl methyl sites for hydroxylation is 1. The van der Waals surface area contributed by atoms with Crippen LogP contribution in [-0.4, -0.2) is 33.7 Å². The van der Waals surface area contributed by atoms with Gasteiger partial charge in [-0.1, -0.05) is 48.5 Å². The number of sulfonamides is 1. The van der Waals surface area contributed by atoms with Crippen LogP contribution < -0.4 is 14.5 Å². The highest BCUT2D eigenvalue weighted by Gasteiger charge is 2.25. The van der Waals surface area contributed by atoms with Crippen molar-refractivity contribution in [2.45, 2.75) is 13.3 Å². The summed E-state index contributed by atoms with van der Waals surface area (Å²) in [5, 5.41) is 2.92. The molecule has 0 spiro atoms. The van der Waals surface area contributed by atoms with Crippen molar-refractivity contribution in [1.29, 1.82) is 0 Å². The number of benzene rings is 3. The molecular weight excluding hydrogens is 410 g/mol. The molecule has 0 unspecified atom stereocenters. The average molecular weight is 436 g/mol. The molecule has 1 aliphatic rings. The maximum absolute atomic E-state index is 12.9. The SMILES string of the molecule is Cc1ccccc1N(CC(=O)Nc1ccccc1N1CCc2ccccc21)S(C)(=O)=O. The van der Waals surface area contributed by atoms with Crippen LogP contribution >= 0.6 is 0 Å². The lowest BCUT2D eigenvalue weighted by Crippen LogP contribution is -2.38. The third-order valence-electron chi connectivity index (χ3n) is 5.43. The molecule has 31 heavy (non-hydrogen) atoms. The van der Waals surface area contributed by atoms with Crippen LogP contribution in [0.4, 0.5) is 22.7 Å². The summed E-state index contributed by atoms with van der Waals surface area (Å²) in [6.45, 7) is 2.35. The zero-order valence-electron chi connectivity index (χ0n) is 17.6. The Kier molecular flexibility index (Phi) is 5.69. The molecule has 1 N–H and O–H groups in total. The van der Waals surface area contributed by atoms with Gasteiger partial charge in [0.05, 0.1) is 23.3 Å². The zero-order valence-corrected chi connectivity index (χ0v) is 18.4. The number of amides is 1. The molecular formula is C24H25N3O3S. The molecule has 0 bridgehead atoms. The molecule has 1 heterocycles. The van der Waals surface area contributed by atoms with Crippen LogP contribution in [0.3, 0.4) is 0 Å². The fourth-order valence-corrected chi connectivity index (χ4v) is 4.86. The van der Waals surface area contributed by atoms with E-state index in [1.807, 2.05) is 55.5 Å². The first-order chi connectivity index (χ1) is 14.8. The zero-order chi connectivity index (χ0) is 22.0. The molecule has 1 aliphatic heterocycles. The van der Waals surface area contributed by atoms with E-state index in [1.165, 1.54) is 5.56 Å². The predicted molar refractivity (Wildman–Crippen MR) is 126 cm³/mol. The number of fused-ring (bicyclic) bond motifs is 1. The highest BCUT2D eigenvalue weighted by Crippen LogP contribution is 2.38. The maximum Gasteiger partial charge on any atom is 0.245 e. The monoisotopic (exact) mass is 435 g/mol. The molecule has 0 saturated carbocycles. The van der Waals surface area contributed by atoms with E-state index in [2.05, 4.69) is 22.3 Å². The van der Waals surface area contributed by atoms with Gasteiger partial charge in [0.2, 0.25) is 15.9 Å². The number of carbonyl (C=O) groups is 1. The molecule has 4 rings (SSSR count). The van der Waals surface area contributed by atoms with Gasteiger partial charge in [0, 0.05) is 12.2 Å². The first-order valence-electron chi connectivity index (χ1n) is 10.1. The summed E-state index contributed by atoms with van der Waals surface area (Å²) in [5.41, 5.74) is 5.23. The molecule has 1 amide bonds. The summed E-state index contributed by atoms with van der Waals surface area (Å²) >= 11 is 0. The lowest BCUT2D eigenvalue weighted by Gasteiger charge is -2.25. The molecule has 7 heteroatoms. The van der Waals surface area contributed by atoms with Crippen LogP contribution in [0, 0.1) is 6.92 Å². The van der Waals surface area contributed by atoms with Gasteiger partial charge in [0.1, 0.15) is 6.54 Å². The van der Waals surface area contributed by atoms with E-state index in [0.717, 1.165) is 40.5 Å². The van der Waals surface area contributed by atoms with Crippen molar-refractivity contribution >= 4 is 38.7 Å². The van der Waals surface area contributed by atoms with E-state index in [4.69, 9.17) is 0 Å². The number of carbonyl (C=O) groups excluding carboxylic acids is 1. The first-order valence-corrected chi connectivity index (χ1v) is 12.0. The number of rotatable bonds is 6. The van der Waals surface area contributed by atoms with Crippen molar-refractivity contribution in [3.05, 3.63) is 83.9 Å². The molecule has 6 nitrogen and oxygen atoms in total. The Morgan fingerprint density at radius 3 is 2.35 bits per heavy atom. The molecule has 0 atom stereocenters.